The molecule has 0 bridgehead atoms. The largest absolute Gasteiger partial charge is 0.478 e. The average molecular weight is 226 g/mol. The predicted octanol–water partition coefficient (Wildman–Crippen LogP) is 0.713. The van der Waals surface area contributed by atoms with Crippen LogP contribution in [0.2, 0.25) is 0 Å². The smallest absolute Gasteiger partial charge is 0.373 e. The minimum atomic E-state index is -1.50. The van der Waals surface area contributed by atoms with Gasteiger partial charge >= 0.3 is 17.9 Å². The minimum Gasteiger partial charge on any atom is -0.478 e. The van der Waals surface area contributed by atoms with Crippen molar-refractivity contribution in [3.8, 4) is 0 Å². The van der Waals surface area contributed by atoms with Gasteiger partial charge in [0.15, 0.2) is 0 Å². The van der Waals surface area contributed by atoms with E-state index in [2.05, 4.69) is 4.89 Å². The molecule has 0 atom stereocenters. The minimum absolute atomic E-state index is 0.285. The number of carbonyl (C=O) groups excluding carboxylic acids is 1. The molecule has 16 heavy (non-hydrogen) atoms. The summed E-state index contributed by atoms with van der Waals surface area (Å²) in [6.45, 7) is 0. The molecule has 0 aliphatic heterocycles. The van der Waals surface area contributed by atoms with Gasteiger partial charge in [-0.25, -0.2) is 14.4 Å². The molecule has 0 saturated heterocycles. The van der Waals surface area contributed by atoms with Crippen LogP contribution in [0.5, 0.6) is 0 Å². The Bertz CT molecular complexity index is 463. The van der Waals surface area contributed by atoms with Crippen molar-refractivity contribution in [2.45, 2.75) is 0 Å². The van der Waals surface area contributed by atoms with Crippen molar-refractivity contribution in [2.75, 3.05) is 0 Å². The molecule has 7 nitrogen and oxygen atoms in total. The maximum atomic E-state index is 10.9. The zero-order valence-corrected chi connectivity index (χ0v) is 7.71. The maximum Gasteiger partial charge on any atom is 0.373 e. The summed E-state index contributed by atoms with van der Waals surface area (Å²) in [5.41, 5.74) is -1.27. The molecule has 84 valence electrons. The van der Waals surface area contributed by atoms with Crippen molar-refractivity contribution in [1.29, 1.82) is 0 Å². The van der Waals surface area contributed by atoms with Crippen LogP contribution >= 0.6 is 0 Å². The van der Waals surface area contributed by atoms with Crippen molar-refractivity contribution < 1.29 is 34.7 Å². The van der Waals surface area contributed by atoms with Crippen molar-refractivity contribution in [3.63, 3.8) is 0 Å². The van der Waals surface area contributed by atoms with Crippen LogP contribution in [0, 0.1) is 0 Å². The van der Waals surface area contributed by atoms with E-state index in [0.29, 0.717) is 0 Å². The first-order valence-corrected chi connectivity index (χ1v) is 3.93. The fourth-order valence-electron chi connectivity index (χ4n) is 1.08. The van der Waals surface area contributed by atoms with Crippen LogP contribution in [0.15, 0.2) is 18.2 Å². The number of hydrogen-bond acceptors (Lipinski definition) is 5. The molecule has 0 aliphatic carbocycles. The third-order valence-electron chi connectivity index (χ3n) is 1.80. The fourth-order valence-corrected chi connectivity index (χ4v) is 1.08. The zero-order chi connectivity index (χ0) is 12.3. The summed E-state index contributed by atoms with van der Waals surface area (Å²) in [5, 5.41) is 25.5. The number of carboxylic acids is 2. The van der Waals surface area contributed by atoms with Gasteiger partial charge in [-0.3, -0.25) is 4.89 Å². The first-order valence-electron chi connectivity index (χ1n) is 3.93. The average Bonchev–Trinajstić information content (AvgIpc) is 2.26. The third-order valence-corrected chi connectivity index (χ3v) is 1.80. The Labute approximate surface area is 88.4 Å². The molecule has 1 rings (SSSR count). The molecule has 0 fully saturated rings. The van der Waals surface area contributed by atoms with Crippen molar-refractivity contribution in [1.82, 2.24) is 0 Å². The van der Waals surface area contributed by atoms with E-state index in [4.69, 9.17) is 15.5 Å². The summed E-state index contributed by atoms with van der Waals surface area (Å²) in [4.78, 5) is 35.6. The van der Waals surface area contributed by atoms with E-state index in [0.717, 1.165) is 18.2 Å². The van der Waals surface area contributed by atoms with Crippen molar-refractivity contribution in [2.24, 2.45) is 0 Å². The van der Waals surface area contributed by atoms with Gasteiger partial charge in [0.1, 0.15) is 0 Å². The molecular formula is C9H6O7. The summed E-state index contributed by atoms with van der Waals surface area (Å²) < 4.78 is 0. The van der Waals surface area contributed by atoms with Crippen molar-refractivity contribution in [3.05, 3.63) is 34.9 Å². The Morgan fingerprint density at radius 2 is 1.62 bits per heavy atom. The number of rotatable bonds is 3. The van der Waals surface area contributed by atoms with E-state index in [9.17, 15) is 14.4 Å². The molecule has 0 amide bonds. The summed E-state index contributed by atoms with van der Waals surface area (Å²) in [6, 6.07) is 2.78. The second-order valence-corrected chi connectivity index (χ2v) is 2.75. The van der Waals surface area contributed by atoms with Gasteiger partial charge < -0.3 is 10.2 Å². The molecule has 0 heterocycles. The van der Waals surface area contributed by atoms with Gasteiger partial charge in [0.25, 0.3) is 0 Å². The number of carbonyl (C=O) groups is 3. The van der Waals surface area contributed by atoms with Gasteiger partial charge in [-0.2, -0.15) is 5.26 Å². The van der Waals surface area contributed by atoms with Crippen LogP contribution in [-0.2, 0) is 4.89 Å². The highest BCUT2D eigenvalue weighted by molar-refractivity contribution is 6.04. The Morgan fingerprint density at radius 3 is 2.06 bits per heavy atom. The molecule has 0 radical (unpaired) electrons. The molecule has 3 N–H and O–H groups in total. The monoisotopic (exact) mass is 226 g/mol. The normalized spacial score (nSPS) is 9.56. The first-order chi connectivity index (χ1) is 7.47. The zero-order valence-electron chi connectivity index (χ0n) is 7.71. The van der Waals surface area contributed by atoms with Crippen LogP contribution in [0.3, 0.4) is 0 Å². The molecule has 0 aliphatic rings. The molecule has 1 aromatic carbocycles. The van der Waals surface area contributed by atoms with Crippen LogP contribution < -0.4 is 0 Å². The van der Waals surface area contributed by atoms with Crippen LogP contribution in [0.1, 0.15) is 31.1 Å². The van der Waals surface area contributed by atoms with Gasteiger partial charge in [0.05, 0.1) is 16.7 Å². The van der Waals surface area contributed by atoms with Gasteiger partial charge in [-0.05, 0) is 18.2 Å². The highest BCUT2D eigenvalue weighted by Crippen LogP contribution is 2.13. The van der Waals surface area contributed by atoms with E-state index in [1.54, 1.807) is 0 Å². The van der Waals surface area contributed by atoms with Crippen molar-refractivity contribution >= 4 is 17.9 Å². The van der Waals surface area contributed by atoms with Gasteiger partial charge in [-0.1, -0.05) is 0 Å². The Balaban J connectivity index is 3.36. The second kappa shape index (κ2) is 4.41. The molecule has 0 unspecified atom stereocenters. The number of benzene rings is 1. The standard InChI is InChI=1S/C9H6O7/c10-7(11)4-1-2-5(9(14)16-15)6(3-4)8(12)13/h1-3,15H,(H,10,11)(H,12,13). The van der Waals surface area contributed by atoms with Gasteiger partial charge in [0, 0.05) is 0 Å². The Morgan fingerprint density at radius 1 is 1.00 bits per heavy atom. The lowest BCUT2D eigenvalue weighted by molar-refractivity contribution is -0.182. The maximum absolute atomic E-state index is 10.9. The molecule has 1 aromatic rings. The lowest BCUT2D eigenvalue weighted by Gasteiger charge is -2.03. The fraction of sp³-hybridized carbons (Fsp3) is 0. The summed E-state index contributed by atoms with van der Waals surface area (Å²) in [7, 11) is 0. The lowest BCUT2D eigenvalue weighted by atomic mass is 10.0. The predicted molar refractivity (Wildman–Crippen MR) is 48.4 cm³/mol. The van der Waals surface area contributed by atoms with E-state index >= 15 is 0 Å². The lowest BCUT2D eigenvalue weighted by Crippen LogP contribution is -2.12. The summed E-state index contributed by atoms with van der Waals surface area (Å²) in [6.07, 6.45) is 0. The van der Waals surface area contributed by atoms with E-state index in [1.807, 2.05) is 0 Å². The number of hydrogen-bond donors (Lipinski definition) is 3. The second-order valence-electron chi connectivity index (χ2n) is 2.75. The van der Waals surface area contributed by atoms with E-state index < -0.39 is 29.0 Å². The third kappa shape index (κ3) is 2.15. The molecular weight excluding hydrogens is 220 g/mol. The van der Waals surface area contributed by atoms with Gasteiger partial charge in [-0.15, -0.1) is 0 Å². The van der Waals surface area contributed by atoms with Crippen LogP contribution in [0.25, 0.3) is 0 Å². The highest BCUT2D eigenvalue weighted by Gasteiger charge is 2.20. The summed E-state index contributed by atoms with van der Waals surface area (Å²) in [5.74, 6) is -4.09. The van der Waals surface area contributed by atoms with Gasteiger partial charge in [0.2, 0.25) is 0 Å². The Hall–Kier alpha value is -2.41. The van der Waals surface area contributed by atoms with Crippen LogP contribution in [0.4, 0.5) is 0 Å². The number of carboxylic acid groups (broad SMARTS) is 2. The summed E-state index contributed by atoms with van der Waals surface area (Å²) >= 11 is 0. The van der Waals surface area contributed by atoms with Crippen LogP contribution in [-0.4, -0.2) is 33.4 Å². The SMILES string of the molecule is O=C(O)c1ccc(C(=O)OO)c(C(=O)O)c1. The van der Waals surface area contributed by atoms with E-state index in [-0.39, 0.29) is 5.56 Å². The first kappa shape index (κ1) is 11.7. The molecule has 7 heteroatoms. The number of aromatic carboxylic acids is 2. The topological polar surface area (TPSA) is 121 Å². The quantitative estimate of drug-likeness (QED) is 0.512. The van der Waals surface area contributed by atoms with E-state index in [1.165, 1.54) is 0 Å². The molecule has 0 saturated carbocycles. The molecule has 0 aromatic heterocycles. The highest BCUT2D eigenvalue weighted by atomic mass is 17.1. The Kier molecular flexibility index (Phi) is 3.21. The molecule has 0 spiro atoms.